The highest BCUT2D eigenvalue weighted by molar-refractivity contribution is 5.68. The van der Waals surface area contributed by atoms with Gasteiger partial charge in [0.05, 0.1) is 6.26 Å². The van der Waals surface area contributed by atoms with Gasteiger partial charge in [-0.2, -0.15) is 0 Å². The molecular formula is C15H18O8. The second-order valence-corrected chi connectivity index (χ2v) is 5.06. The molecule has 0 radical (unpaired) electrons. The van der Waals surface area contributed by atoms with E-state index in [2.05, 4.69) is 0 Å². The molecule has 0 amide bonds. The lowest BCUT2D eigenvalue weighted by Crippen LogP contribution is -2.40. The Bertz CT molecular complexity index is 564. The van der Waals surface area contributed by atoms with Crippen LogP contribution in [0.3, 0.4) is 0 Å². The Kier molecular flexibility index (Phi) is 5.38. The standard InChI is InChI=1S/C15H18O8/c1-8(16)20-7-12-14(21-9(2)17)15(22-10(3)18)13(23-12)11-5-4-6-19-11/h4-6,12-15H,7H2,1-3H3/t12-,13-,14-,15+/m1/s1. The summed E-state index contributed by atoms with van der Waals surface area (Å²) in [4.78, 5) is 33.8. The van der Waals surface area contributed by atoms with E-state index in [0.29, 0.717) is 5.76 Å². The molecule has 0 N–H and O–H groups in total. The summed E-state index contributed by atoms with van der Waals surface area (Å²) in [6.45, 7) is 3.59. The van der Waals surface area contributed by atoms with Gasteiger partial charge < -0.3 is 23.4 Å². The van der Waals surface area contributed by atoms with Gasteiger partial charge >= 0.3 is 17.9 Å². The summed E-state index contributed by atoms with van der Waals surface area (Å²) < 4.78 is 26.5. The predicted octanol–water partition coefficient (Wildman–Crippen LogP) is 1.15. The summed E-state index contributed by atoms with van der Waals surface area (Å²) in [5.41, 5.74) is 0. The van der Waals surface area contributed by atoms with Gasteiger partial charge in [0.15, 0.2) is 18.3 Å². The number of rotatable bonds is 5. The van der Waals surface area contributed by atoms with Crippen molar-refractivity contribution >= 4 is 17.9 Å². The average molecular weight is 326 g/mol. The average Bonchev–Trinajstić information content (AvgIpc) is 3.05. The molecule has 0 spiro atoms. The van der Waals surface area contributed by atoms with E-state index < -0.39 is 42.3 Å². The molecule has 1 aromatic heterocycles. The number of esters is 3. The molecular weight excluding hydrogens is 308 g/mol. The molecule has 1 saturated heterocycles. The number of ether oxygens (including phenoxy) is 4. The zero-order valence-corrected chi connectivity index (χ0v) is 13.0. The van der Waals surface area contributed by atoms with E-state index >= 15 is 0 Å². The first-order chi connectivity index (χ1) is 10.9. The Morgan fingerprint density at radius 3 is 2.22 bits per heavy atom. The van der Waals surface area contributed by atoms with Crippen molar-refractivity contribution < 1.29 is 37.7 Å². The Hall–Kier alpha value is -2.35. The molecule has 0 saturated carbocycles. The molecule has 1 aliphatic heterocycles. The van der Waals surface area contributed by atoms with Crippen molar-refractivity contribution in [3.05, 3.63) is 24.2 Å². The molecule has 1 aliphatic rings. The quantitative estimate of drug-likeness (QED) is 0.586. The maximum absolute atomic E-state index is 11.4. The predicted molar refractivity (Wildman–Crippen MR) is 74.1 cm³/mol. The topological polar surface area (TPSA) is 101 Å². The van der Waals surface area contributed by atoms with Crippen molar-refractivity contribution in [1.82, 2.24) is 0 Å². The van der Waals surface area contributed by atoms with E-state index in [1.807, 2.05) is 0 Å². The van der Waals surface area contributed by atoms with Crippen LogP contribution in [0, 0.1) is 0 Å². The van der Waals surface area contributed by atoms with Crippen molar-refractivity contribution in [2.45, 2.75) is 45.2 Å². The molecule has 0 aromatic carbocycles. The fraction of sp³-hybridized carbons (Fsp3) is 0.533. The van der Waals surface area contributed by atoms with Gasteiger partial charge in [0.1, 0.15) is 18.5 Å². The molecule has 1 aromatic rings. The van der Waals surface area contributed by atoms with Crippen LogP contribution in [-0.2, 0) is 33.3 Å². The van der Waals surface area contributed by atoms with Gasteiger partial charge in [0.2, 0.25) is 0 Å². The van der Waals surface area contributed by atoms with Crippen LogP contribution in [-0.4, -0.2) is 42.8 Å². The van der Waals surface area contributed by atoms with Crippen LogP contribution in [0.2, 0.25) is 0 Å². The SMILES string of the molecule is CC(=O)OC[C@H]1O[C@H](c2ccco2)[C@H](OC(C)=O)[C@@H]1OC(C)=O. The molecule has 4 atom stereocenters. The maximum Gasteiger partial charge on any atom is 0.303 e. The molecule has 8 nitrogen and oxygen atoms in total. The zero-order valence-electron chi connectivity index (χ0n) is 13.0. The van der Waals surface area contributed by atoms with E-state index in [9.17, 15) is 14.4 Å². The number of furan rings is 1. The normalized spacial score (nSPS) is 26.6. The molecule has 0 unspecified atom stereocenters. The third-order valence-corrected chi connectivity index (χ3v) is 3.19. The first kappa shape index (κ1) is 17.0. The monoisotopic (exact) mass is 326 g/mol. The molecule has 0 aliphatic carbocycles. The van der Waals surface area contributed by atoms with E-state index in [-0.39, 0.29) is 6.61 Å². The minimum Gasteiger partial charge on any atom is -0.466 e. The largest absolute Gasteiger partial charge is 0.466 e. The van der Waals surface area contributed by atoms with E-state index in [4.69, 9.17) is 23.4 Å². The lowest BCUT2D eigenvalue weighted by atomic mass is 10.1. The second kappa shape index (κ2) is 7.28. The van der Waals surface area contributed by atoms with E-state index in [0.717, 1.165) is 0 Å². The van der Waals surface area contributed by atoms with Crippen LogP contribution in [0.1, 0.15) is 32.6 Å². The third-order valence-electron chi connectivity index (χ3n) is 3.19. The smallest absolute Gasteiger partial charge is 0.303 e. The highest BCUT2D eigenvalue weighted by Crippen LogP contribution is 2.37. The maximum atomic E-state index is 11.4. The van der Waals surface area contributed by atoms with Crippen molar-refractivity contribution in [3.63, 3.8) is 0 Å². The minimum atomic E-state index is -0.911. The minimum absolute atomic E-state index is 0.137. The molecule has 126 valence electrons. The van der Waals surface area contributed by atoms with Gasteiger partial charge in [0.25, 0.3) is 0 Å². The van der Waals surface area contributed by atoms with Crippen molar-refractivity contribution in [2.75, 3.05) is 6.61 Å². The number of carbonyl (C=O) groups excluding carboxylic acids is 3. The van der Waals surface area contributed by atoms with E-state index in [1.54, 1.807) is 12.1 Å². The van der Waals surface area contributed by atoms with Gasteiger partial charge in [-0.05, 0) is 12.1 Å². The van der Waals surface area contributed by atoms with Crippen molar-refractivity contribution in [2.24, 2.45) is 0 Å². The van der Waals surface area contributed by atoms with Crippen molar-refractivity contribution in [3.8, 4) is 0 Å². The van der Waals surface area contributed by atoms with Gasteiger partial charge in [0, 0.05) is 20.8 Å². The highest BCUT2D eigenvalue weighted by Gasteiger charge is 2.51. The molecule has 1 fully saturated rings. The summed E-state index contributed by atoms with van der Waals surface area (Å²) in [5, 5.41) is 0. The molecule has 2 rings (SSSR count). The highest BCUT2D eigenvalue weighted by atomic mass is 16.7. The van der Waals surface area contributed by atoms with Gasteiger partial charge in [-0.15, -0.1) is 0 Å². The van der Waals surface area contributed by atoms with Crippen LogP contribution in [0.15, 0.2) is 22.8 Å². The first-order valence-electron chi connectivity index (χ1n) is 7.05. The molecule has 23 heavy (non-hydrogen) atoms. The Balaban J connectivity index is 2.25. The van der Waals surface area contributed by atoms with Crippen LogP contribution < -0.4 is 0 Å². The summed E-state index contributed by atoms with van der Waals surface area (Å²) in [5.74, 6) is -1.21. The van der Waals surface area contributed by atoms with Gasteiger partial charge in [-0.3, -0.25) is 14.4 Å². The molecule has 0 bridgehead atoms. The summed E-state index contributed by atoms with van der Waals surface area (Å²) in [7, 11) is 0. The van der Waals surface area contributed by atoms with Crippen LogP contribution in [0.25, 0.3) is 0 Å². The second-order valence-electron chi connectivity index (χ2n) is 5.06. The zero-order chi connectivity index (χ0) is 17.0. The van der Waals surface area contributed by atoms with Crippen LogP contribution >= 0.6 is 0 Å². The Labute approximate surface area is 132 Å². The fourth-order valence-corrected chi connectivity index (χ4v) is 2.40. The first-order valence-corrected chi connectivity index (χ1v) is 7.05. The molecule has 2 heterocycles. The van der Waals surface area contributed by atoms with Crippen LogP contribution in [0.4, 0.5) is 0 Å². The number of hydrogen-bond acceptors (Lipinski definition) is 8. The Morgan fingerprint density at radius 1 is 1.04 bits per heavy atom. The number of hydrogen-bond donors (Lipinski definition) is 0. The lowest BCUT2D eigenvalue weighted by Gasteiger charge is -2.22. The Morgan fingerprint density at radius 2 is 1.70 bits per heavy atom. The fourth-order valence-electron chi connectivity index (χ4n) is 2.40. The van der Waals surface area contributed by atoms with Crippen LogP contribution in [0.5, 0.6) is 0 Å². The van der Waals surface area contributed by atoms with Gasteiger partial charge in [-0.25, -0.2) is 0 Å². The van der Waals surface area contributed by atoms with Crippen molar-refractivity contribution in [1.29, 1.82) is 0 Å². The molecule has 8 heteroatoms. The van der Waals surface area contributed by atoms with Gasteiger partial charge in [-0.1, -0.05) is 0 Å². The summed E-state index contributed by atoms with van der Waals surface area (Å²) in [6.07, 6.45) is -1.90. The number of carbonyl (C=O) groups is 3. The summed E-state index contributed by atoms with van der Waals surface area (Å²) in [6, 6.07) is 3.31. The lowest BCUT2D eigenvalue weighted by molar-refractivity contribution is -0.165. The summed E-state index contributed by atoms with van der Waals surface area (Å²) >= 11 is 0. The third kappa shape index (κ3) is 4.32. The van der Waals surface area contributed by atoms with E-state index in [1.165, 1.54) is 27.0 Å².